The summed E-state index contributed by atoms with van der Waals surface area (Å²) in [6, 6.07) is 3.33. The first-order valence-electron chi connectivity index (χ1n) is 4.82. The van der Waals surface area contributed by atoms with Crippen molar-refractivity contribution in [3.05, 3.63) is 21.3 Å². The predicted molar refractivity (Wildman–Crippen MR) is 62.7 cm³/mol. The van der Waals surface area contributed by atoms with Gasteiger partial charge in [-0.05, 0) is 19.1 Å². The normalized spacial score (nSPS) is 10.1. The van der Waals surface area contributed by atoms with E-state index >= 15 is 0 Å². The highest BCUT2D eigenvalue weighted by Gasteiger charge is 2.11. The number of rotatable bonds is 6. The second-order valence-electron chi connectivity index (χ2n) is 2.99. The number of hydrogen-bond acceptors (Lipinski definition) is 4. The molecule has 0 fully saturated rings. The van der Waals surface area contributed by atoms with E-state index in [9.17, 15) is 9.59 Å². The predicted octanol–water partition coefficient (Wildman–Crippen LogP) is 2.43. The number of thiophene rings is 1. The second-order valence-corrected chi connectivity index (χ2v) is 4.70. The molecule has 1 N–H and O–H groups in total. The molecular formula is C10H12ClNO3S. The first kappa shape index (κ1) is 13.2. The average Bonchev–Trinajstić information content (AvgIpc) is 2.69. The van der Waals surface area contributed by atoms with Crippen molar-refractivity contribution in [2.24, 2.45) is 0 Å². The van der Waals surface area contributed by atoms with E-state index in [4.69, 9.17) is 16.4 Å². The molecule has 0 bridgehead atoms. The van der Waals surface area contributed by atoms with E-state index in [1.54, 1.807) is 19.1 Å². The van der Waals surface area contributed by atoms with Gasteiger partial charge in [-0.1, -0.05) is 11.6 Å². The lowest BCUT2D eigenvalue weighted by atomic mass is 10.2. The van der Waals surface area contributed by atoms with Crippen LogP contribution < -0.4 is 5.48 Å². The quantitative estimate of drug-likeness (QED) is 0.632. The maximum atomic E-state index is 11.6. The van der Waals surface area contributed by atoms with E-state index < -0.39 is 0 Å². The molecule has 0 radical (unpaired) electrons. The molecule has 0 aliphatic heterocycles. The highest BCUT2D eigenvalue weighted by Crippen LogP contribution is 2.22. The fourth-order valence-corrected chi connectivity index (χ4v) is 2.03. The molecule has 4 nitrogen and oxygen atoms in total. The minimum absolute atomic E-state index is 0.0800. The molecule has 0 aliphatic carbocycles. The van der Waals surface area contributed by atoms with Crippen molar-refractivity contribution in [2.75, 3.05) is 6.61 Å². The first-order chi connectivity index (χ1) is 7.63. The topological polar surface area (TPSA) is 55.4 Å². The fraction of sp³-hybridized carbons (Fsp3) is 0.400. The van der Waals surface area contributed by atoms with Gasteiger partial charge in [-0.3, -0.25) is 14.4 Å². The van der Waals surface area contributed by atoms with Crippen LogP contribution in [0.3, 0.4) is 0 Å². The van der Waals surface area contributed by atoms with Crippen LogP contribution in [0.15, 0.2) is 12.1 Å². The number of halogens is 1. The van der Waals surface area contributed by atoms with E-state index in [1.165, 1.54) is 11.3 Å². The third-order valence-corrected chi connectivity index (χ3v) is 3.03. The summed E-state index contributed by atoms with van der Waals surface area (Å²) in [4.78, 5) is 28.0. The second kappa shape index (κ2) is 6.62. The van der Waals surface area contributed by atoms with E-state index in [0.29, 0.717) is 15.8 Å². The van der Waals surface area contributed by atoms with Gasteiger partial charge in [-0.2, -0.15) is 0 Å². The summed E-state index contributed by atoms with van der Waals surface area (Å²) in [5, 5.41) is 0. The molecule has 0 atom stereocenters. The Morgan fingerprint density at radius 1 is 1.44 bits per heavy atom. The molecule has 0 unspecified atom stereocenters. The summed E-state index contributed by atoms with van der Waals surface area (Å²) in [6.07, 6.45) is 0.282. The highest BCUT2D eigenvalue weighted by atomic mass is 35.5. The maximum Gasteiger partial charge on any atom is 0.243 e. The van der Waals surface area contributed by atoms with Crippen molar-refractivity contribution < 1.29 is 14.4 Å². The zero-order chi connectivity index (χ0) is 12.0. The van der Waals surface area contributed by atoms with Crippen molar-refractivity contribution in [1.29, 1.82) is 0 Å². The van der Waals surface area contributed by atoms with E-state index in [2.05, 4.69) is 5.48 Å². The van der Waals surface area contributed by atoms with Crippen molar-refractivity contribution in [3.8, 4) is 0 Å². The van der Waals surface area contributed by atoms with Crippen LogP contribution in [-0.4, -0.2) is 18.3 Å². The van der Waals surface area contributed by atoms with Gasteiger partial charge in [0.2, 0.25) is 5.91 Å². The molecular weight excluding hydrogens is 250 g/mol. The summed E-state index contributed by atoms with van der Waals surface area (Å²) < 4.78 is 0.571. The Hall–Kier alpha value is -0.910. The molecule has 88 valence electrons. The van der Waals surface area contributed by atoms with E-state index in [0.717, 1.165) is 0 Å². The van der Waals surface area contributed by atoms with Gasteiger partial charge in [-0.25, -0.2) is 5.48 Å². The summed E-state index contributed by atoms with van der Waals surface area (Å²) in [6.45, 7) is 2.17. The molecule has 16 heavy (non-hydrogen) atoms. The SMILES string of the molecule is CCONC(=O)CCC(=O)c1ccc(Cl)s1. The summed E-state index contributed by atoms with van der Waals surface area (Å²) >= 11 is 6.92. The van der Waals surface area contributed by atoms with Gasteiger partial charge < -0.3 is 0 Å². The maximum absolute atomic E-state index is 11.6. The van der Waals surface area contributed by atoms with Gasteiger partial charge in [0.1, 0.15) is 0 Å². The fourth-order valence-electron chi connectivity index (χ4n) is 1.02. The number of hydrogen-bond donors (Lipinski definition) is 1. The van der Waals surface area contributed by atoms with Gasteiger partial charge in [0.25, 0.3) is 0 Å². The van der Waals surface area contributed by atoms with Crippen LogP contribution in [0.2, 0.25) is 4.34 Å². The van der Waals surface area contributed by atoms with Gasteiger partial charge in [-0.15, -0.1) is 11.3 Å². The summed E-state index contributed by atoms with van der Waals surface area (Å²) in [5.41, 5.74) is 2.23. The standard InChI is InChI=1S/C10H12ClNO3S/c1-2-15-12-10(14)6-3-7(13)8-4-5-9(11)16-8/h4-5H,2-3,6H2,1H3,(H,12,14). The molecule has 0 saturated carbocycles. The number of carbonyl (C=O) groups excluding carboxylic acids is 2. The Balaban J connectivity index is 2.33. The molecule has 1 amide bonds. The van der Waals surface area contributed by atoms with Crippen LogP contribution in [-0.2, 0) is 9.63 Å². The van der Waals surface area contributed by atoms with E-state index in [-0.39, 0.29) is 24.5 Å². The minimum Gasteiger partial charge on any atom is -0.293 e. The Labute approximate surface area is 103 Å². The number of nitrogens with one attached hydrogen (secondary N) is 1. The minimum atomic E-state index is -0.294. The first-order valence-corrected chi connectivity index (χ1v) is 6.02. The largest absolute Gasteiger partial charge is 0.293 e. The van der Waals surface area contributed by atoms with Gasteiger partial charge >= 0.3 is 0 Å². The van der Waals surface area contributed by atoms with Crippen LogP contribution in [0.1, 0.15) is 29.4 Å². The number of Topliss-reactive ketones (excluding diaryl/α,β-unsaturated/α-hetero) is 1. The Morgan fingerprint density at radius 2 is 2.19 bits per heavy atom. The van der Waals surface area contributed by atoms with Crippen molar-refractivity contribution >= 4 is 34.6 Å². The number of ketones is 1. The zero-order valence-electron chi connectivity index (χ0n) is 8.79. The van der Waals surface area contributed by atoms with Crippen LogP contribution in [0, 0.1) is 0 Å². The Kier molecular flexibility index (Phi) is 5.45. The van der Waals surface area contributed by atoms with E-state index in [1.807, 2.05) is 0 Å². The van der Waals surface area contributed by atoms with Crippen molar-refractivity contribution in [2.45, 2.75) is 19.8 Å². The number of amides is 1. The van der Waals surface area contributed by atoms with Gasteiger partial charge in [0.05, 0.1) is 15.8 Å². The Morgan fingerprint density at radius 3 is 2.75 bits per heavy atom. The van der Waals surface area contributed by atoms with Crippen molar-refractivity contribution in [3.63, 3.8) is 0 Å². The lowest BCUT2D eigenvalue weighted by Gasteiger charge is -2.02. The van der Waals surface area contributed by atoms with Crippen LogP contribution >= 0.6 is 22.9 Å². The van der Waals surface area contributed by atoms with Crippen molar-refractivity contribution in [1.82, 2.24) is 5.48 Å². The third kappa shape index (κ3) is 4.30. The molecule has 1 aromatic heterocycles. The molecule has 0 aromatic carbocycles. The zero-order valence-corrected chi connectivity index (χ0v) is 10.4. The smallest absolute Gasteiger partial charge is 0.243 e. The Bertz CT molecular complexity index is 378. The molecule has 0 spiro atoms. The molecule has 0 aliphatic rings. The molecule has 0 saturated heterocycles. The molecule has 1 heterocycles. The van der Waals surface area contributed by atoms with Gasteiger partial charge in [0.15, 0.2) is 5.78 Å². The molecule has 1 rings (SSSR count). The number of hydroxylamine groups is 1. The summed E-state index contributed by atoms with van der Waals surface area (Å²) in [7, 11) is 0. The number of carbonyl (C=O) groups is 2. The van der Waals surface area contributed by atoms with Crippen LogP contribution in [0.5, 0.6) is 0 Å². The average molecular weight is 262 g/mol. The third-order valence-electron chi connectivity index (χ3n) is 1.76. The molecule has 1 aromatic rings. The lowest BCUT2D eigenvalue weighted by molar-refractivity contribution is -0.133. The summed E-state index contributed by atoms with van der Waals surface area (Å²) in [5.74, 6) is -0.374. The van der Waals surface area contributed by atoms with Gasteiger partial charge in [0, 0.05) is 12.8 Å². The monoisotopic (exact) mass is 261 g/mol. The lowest BCUT2D eigenvalue weighted by Crippen LogP contribution is -2.23. The highest BCUT2D eigenvalue weighted by molar-refractivity contribution is 7.18. The van der Waals surface area contributed by atoms with Crippen LogP contribution in [0.25, 0.3) is 0 Å². The molecule has 6 heteroatoms. The van der Waals surface area contributed by atoms with Crippen LogP contribution in [0.4, 0.5) is 0 Å².